The molecule has 1 aromatic rings. The van der Waals surface area contributed by atoms with Crippen LogP contribution in [0, 0.1) is 0 Å². The van der Waals surface area contributed by atoms with Crippen LogP contribution in [0.4, 0.5) is 0 Å². The molecule has 1 unspecified atom stereocenters. The molecule has 3 nitrogen and oxygen atoms in total. The van der Waals surface area contributed by atoms with Crippen LogP contribution in [0.5, 0.6) is 0 Å². The van der Waals surface area contributed by atoms with Gasteiger partial charge in [-0.1, -0.05) is 25.1 Å². The van der Waals surface area contributed by atoms with E-state index in [1.807, 2.05) is 25.1 Å². The van der Waals surface area contributed by atoms with Crippen molar-refractivity contribution in [2.45, 2.75) is 25.9 Å². The number of hydrogen-bond acceptors (Lipinski definition) is 2. The summed E-state index contributed by atoms with van der Waals surface area (Å²) in [7, 11) is 0. The van der Waals surface area contributed by atoms with Gasteiger partial charge in [0.25, 0.3) is 5.91 Å². The second-order valence-corrected chi connectivity index (χ2v) is 3.47. The maximum Gasteiger partial charge on any atom is 0.251 e. The van der Waals surface area contributed by atoms with E-state index in [-0.39, 0.29) is 12.0 Å². The first-order chi connectivity index (χ1) is 7.24. The highest BCUT2D eigenvalue weighted by Gasteiger charge is 2.05. The van der Waals surface area contributed by atoms with Crippen molar-refractivity contribution < 1.29 is 9.90 Å². The fourth-order valence-electron chi connectivity index (χ4n) is 1.25. The molecule has 0 aromatic heterocycles. The van der Waals surface area contributed by atoms with Crippen LogP contribution in [0.25, 0.3) is 0 Å². The SMILES string of the molecule is CCC(O)CCNC(=O)c1ccccc1. The second kappa shape index (κ2) is 6.19. The Hall–Kier alpha value is -1.35. The van der Waals surface area contributed by atoms with E-state index < -0.39 is 0 Å². The molecule has 1 amide bonds. The van der Waals surface area contributed by atoms with E-state index in [0.717, 1.165) is 6.42 Å². The molecule has 0 spiro atoms. The summed E-state index contributed by atoms with van der Waals surface area (Å²) in [6.45, 7) is 2.44. The lowest BCUT2D eigenvalue weighted by atomic mass is 10.2. The summed E-state index contributed by atoms with van der Waals surface area (Å²) in [6.07, 6.45) is 1.01. The predicted octanol–water partition coefficient (Wildman–Crippen LogP) is 1.58. The van der Waals surface area contributed by atoms with Crippen LogP contribution in [0.3, 0.4) is 0 Å². The number of nitrogens with one attached hydrogen (secondary N) is 1. The monoisotopic (exact) mass is 207 g/mol. The van der Waals surface area contributed by atoms with Gasteiger partial charge >= 0.3 is 0 Å². The average Bonchev–Trinajstić information content (AvgIpc) is 2.29. The molecule has 0 saturated carbocycles. The Morgan fingerprint density at radius 2 is 2.07 bits per heavy atom. The third-order valence-corrected chi connectivity index (χ3v) is 2.27. The first kappa shape index (κ1) is 11.7. The van der Waals surface area contributed by atoms with Gasteiger partial charge in [-0.25, -0.2) is 0 Å². The molecule has 1 rings (SSSR count). The van der Waals surface area contributed by atoms with Gasteiger partial charge in [-0.15, -0.1) is 0 Å². The molecule has 0 aliphatic heterocycles. The van der Waals surface area contributed by atoms with Crippen LogP contribution in [0.2, 0.25) is 0 Å². The number of benzene rings is 1. The largest absolute Gasteiger partial charge is 0.393 e. The van der Waals surface area contributed by atoms with Crippen molar-refractivity contribution in [1.82, 2.24) is 5.32 Å². The van der Waals surface area contributed by atoms with Gasteiger partial charge in [0.1, 0.15) is 0 Å². The lowest BCUT2D eigenvalue weighted by molar-refractivity contribution is 0.0942. The first-order valence-corrected chi connectivity index (χ1v) is 5.25. The van der Waals surface area contributed by atoms with Crippen molar-refractivity contribution in [2.24, 2.45) is 0 Å². The molecule has 0 heterocycles. The summed E-state index contributed by atoms with van der Waals surface area (Å²) in [4.78, 5) is 11.5. The quantitative estimate of drug-likeness (QED) is 0.770. The molecule has 1 aromatic carbocycles. The van der Waals surface area contributed by atoms with Crippen LogP contribution in [-0.4, -0.2) is 23.7 Å². The highest BCUT2D eigenvalue weighted by atomic mass is 16.3. The van der Waals surface area contributed by atoms with Gasteiger partial charge in [0.05, 0.1) is 6.10 Å². The molecule has 0 radical (unpaired) electrons. The number of aliphatic hydroxyl groups is 1. The maximum atomic E-state index is 11.5. The summed E-state index contributed by atoms with van der Waals surface area (Å²) < 4.78 is 0. The van der Waals surface area contributed by atoms with Crippen molar-refractivity contribution in [3.63, 3.8) is 0 Å². The minimum absolute atomic E-state index is 0.0843. The van der Waals surface area contributed by atoms with E-state index in [9.17, 15) is 9.90 Å². The van der Waals surface area contributed by atoms with Gasteiger partial charge in [0.2, 0.25) is 0 Å². The summed E-state index contributed by atoms with van der Waals surface area (Å²) in [5.41, 5.74) is 0.656. The Morgan fingerprint density at radius 3 is 2.67 bits per heavy atom. The van der Waals surface area contributed by atoms with Crippen LogP contribution in [0.1, 0.15) is 30.1 Å². The Balaban J connectivity index is 2.31. The zero-order valence-electron chi connectivity index (χ0n) is 8.94. The minimum Gasteiger partial charge on any atom is -0.393 e. The number of hydrogen-bond donors (Lipinski definition) is 2. The van der Waals surface area contributed by atoms with Crippen molar-refractivity contribution in [2.75, 3.05) is 6.54 Å². The highest BCUT2D eigenvalue weighted by Crippen LogP contribution is 1.99. The maximum absolute atomic E-state index is 11.5. The lowest BCUT2D eigenvalue weighted by Gasteiger charge is -2.08. The Bertz CT molecular complexity index is 298. The molecule has 2 N–H and O–H groups in total. The van der Waals surface area contributed by atoms with E-state index >= 15 is 0 Å². The normalized spacial score (nSPS) is 12.1. The molecule has 0 fully saturated rings. The van der Waals surface area contributed by atoms with E-state index in [4.69, 9.17) is 0 Å². The number of amides is 1. The molecule has 1 atom stereocenters. The van der Waals surface area contributed by atoms with E-state index in [0.29, 0.717) is 18.5 Å². The minimum atomic E-state index is -0.318. The van der Waals surface area contributed by atoms with Gasteiger partial charge in [-0.05, 0) is 25.0 Å². The molecule has 0 saturated heterocycles. The average molecular weight is 207 g/mol. The van der Waals surface area contributed by atoms with E-state index in [1.165, 1.54) is 0 Å². The van der Waals surface area contributed by atoms with Gasteiger partial charge < -0.3 is 10.4 Å². The van der Waals surface area contributed by atoms with Crippen molar-refractivity contribution in [3.05, 3.63) is 35.9 Å². The Morgan fingerprint density at radius 1 is 1.40 bits per heavy atom. The molecular formula is C12H17NO2. The summed E-state index contributed by atoms with van der Waals surface area (Å²) >= 11 is 0. The third-order valence-electron chi connectivity index (χ3n) is 2.27. The molecular weight excluding hydrogens is 190 g/mol. The third kappa shape index (κ3) is 4.13. The summed E-state index contributed by atoms with van der Waals surface area (Å²) in [5, 5.41) is 12.1. The topological polar surface area (TPSA) is 49.3 Å². The zero-order chi connectivity index (χ0) is 11.1. The second-order valence-electron chi connectivity index (χ2n) is 3.47. The summed E-state index contributed by atoms with van der Waals surface area (Å²) in [5.74, 6) is -0.0843. The smallest absolute Gasteiger partial charge is 0.251 e. The van der Waals surface area contributed by atoms with E-state index in [1.54, 1.807) is 12.1 Å². The first-order valence-electron chi connectivity index (χ1n) is 5.25. The lowest BCUT2D eigenvalue weighted by Crippen LogP contribution is -2.26. The Labute approximate surface area is 90.1 Å². The molecule has 82 valence electrons. The number of aliphatic hydroxyl groups excluding tert-OH is 1. The fourth-order valence-corrected chi connectivity index (χ4v) is 1.25. The van der Waals surface area contributed by atoms with Gasteiger partial charge in [0.15, 0.2) is 0 Å². The van der Waals surface area contributed by atoms with Crippen molar-refractivity contribution >= 4 is 5.91 Å². The zero-order valence-corrected chi connectivity index (χ0v) is 8.94. The fraction of sp³-hybridized carbons (Fsp3) is 0.417. The van der Waals surface area contributed by atoms with E-state index in [2.05, 4.69) is 5.32 Å². The molecule has 3 heteroatoms. The summed E-state index contributed by atoms with van der Waals surface area (Å²) in [6, 6.07) is 9.07. The van der Waals surface area contributed by atoms with Gasteiger partial charge in [-0.2, -0.15) is 0 Å². The standard InChI is InChI=1S/C12H17NO2/c1-2-11(14)8-9-13-12(15)10-6-4-3-5-7-10/h3-7,11,14H,2,8-9H2,1H3,(H,13,15). The molecule has 0 bridgehead atoms. The predicted molar refractivity (Wildman–Crippen MR) is 59.7 cm³/mol. The van der Waals surface area contributed by atoms with Crippen molar-refractivity contribution in [1.29, 1.82) is 0 Å². The van der Waals surface area contributed by atoms with Crippen LogP contribution < -0.4 is 5.32 Å². The highest BCUT2D eigenvalue weighted by molar-refractivity contribution is 5.94. The molecule has 0 aliphatic carbocycles. The Kier molecular flexibility index (Phi) is 4.84. The van der Waals surface area contributed by atoms with Crippen LogP contribution in [-0.2, 0) is 0 Å². The number of carbonyl (C=O) groups excluding carboxylic acids is 1. The van der Waals surface area contributed by atoms with Gasteiger partial charge in [0, 0.05) is 12.1 Å². The molecule has 15 heavy (non-hydrogen) atoms. The van der Waals surface area contributed by atoms with Crippen LogP contribution in [0.15, 0.2) is 30.3 Å². The number of rotatable bonds is 5. The number of carbonyl (C=O) groups is 1. The van der Waals surface area contributed by atoms with Crippen LogP contribution >= 0.6 is 0 Å². The van der Waals surface area contributed by atoms with Gasteiger partial charge in [-0.3, -0.25) is 4.79 Å². The molecule has 0 aliphatic rings. The van der Waals surface area contributed by atoms with Crippen molar-refractivity contribution in [3.8, 4) is 0 Å².